The molecule has 1 amide bonds. The number of nitrogens with one attached hydrogen (secondary N) is 1. The predicted octanol–water partition coefficient (Wildman–Crippen LogP) is 1.70. The van der Waals surface area contributed by atoms with Crippen molar-refractivity contribution in [2.75, 3.05) is 37.7 Å². The molecule has 2 aromatic rings. The standard InChI is InChI=1S/C25H31N3O5S/c1-19-7-10-22(11-8-19)34(31,32)26-23-12-9-21(33-24(23)18-29)17-25(30)28-15-13-27(14-16-28)20-5-3-2-4-6-20/h2-12,21,23-24,26,29H,13-18H2,1H3/t21-,23-,24+/m0/s1. The number of benzene rings is 2. The monoisotopic (exact) mass is 485 g/mol. The average Bonchev–Trinajstić information content (AvgIpc) is 2.85. The number of anilines is 1. The van der Waals surface area contributed by atoms with Crippen molar-refractivity contribution in [3.63, 3.8) is 0 Å². The van der Waals surface area contributed by atoms with Gasteiger partial charge in [-0.1, -0.05) is 48.0 Å². The molecule has 0 bridgehead atoms. The molecule has 2 heterocycles. The van der Waals surface area contributed by atoms with Crippen molar-refractivity contribution in [1.29, 1.82) is 0 Å². The molecule has 0 unspecified atom stereocenters. The van der Waals surface area contributed by atoms with Crippen molar-refractivity contribution in [1.82, 2.24) is 9.62 Å². The molecule has 1 fully saturated rings. The van der Waals surface area contributed by atoms with Crippen LogP contribution in [0.5, 0.6) is 0 Å². The van der Waals surface area contributed by atoms with E-state index in [1.165, 1.54) is 12.1 Å². The van der Waals surface area contributed by atoms with E-state index >= 15 is 0 Å². The first-order valence-corrected chi connectivity index (χ1v) is 13.0. The number of hydrogen-bond acceptors (Lipinski definition) is 6. The summed E-state index contributed by atoms with van der Waals surface area (Å²) in [4.78, 5) is 17.1. The van der Waals surface area contributed by atoms with Crippen LogP contribution < -0.4 is 9.62 Å². The fourth-order valence-electron chi connectivity index (χ4n) is 4.23. The molecule has 182 valence electrons. The van der Waals surface area contributed by atoms with Gasteiger partial charge in [0.25, 0.3) is 0 Å². The lowest BCUT2D eigenvalue weighted by atomic mass is 10.1. The van der Waals surface area contributed by atoms with Crippen molar-refractivity contribution < 1.29 is 23.1 Å². The number of hydrogen-bond donors (Lipinski definition) is 2. The van der Waals surface area contributed by atoms with Crippen molar-refractivity contribution in [3.8, 4) is 0 Å². The van der Waals surface area contributed by atoms with Gasteiger partial charge >= 0.3 is 0 Å². The van der Waals surface area contributed by atoms with Crippen molar-refractivity contribution in [2.45, 2.75) is 36.5 Å². The lowest BCUT2D eigenvalue weighted by molar-refractivity contribution is -0.135. The molecule has 9 heteroatoms. The third-order valence-corrected chi connectivity index (χ3v) is 7.69. The second kappa shape index (κ2) is 10.7. The van der Waals surface area contributed by atoms with Crippen LogP contribution >= 0.6 is 0 Å². The summed E-state index contributed by atoms with van der Waals surface area (Å²) in [5.41, 5.74) is 2.11. The molecule has 0 spiro atoms. The lowest BCUT2D eigenvalue weighted by Crippen LogP contribution is -2.51. The van der Waals surface area contributed by atoms with Gasteiger partial charge < -0.3 is 19.6 Å². The Morgan fingerprint density at radius 2 is 1.71 bits per heavy atom. The molecule has 4 rings (SSSR count). The fourth-order valence-corrected chi connectivity index (χ4v) is 5.45. The summed E-state index contributed by atoms with van der Waals surface area (Å²) in [5, 5.41) is 9.81. The summed E-state index contributed by atoms with van der Waals surface area (Å²) in [6.45, 7) is 4.30. The van der Waals surface area contributed by atoms with Gasteiger partial charge in [0.05, 0.1) is 30.1 Å². The first kappa shape index (κ1) is 24.4. The maximum Gasteiger partial charge on any atom is 0.241 e. The Labute approximate surface area is 200 Å². The van der Waals surface area contributed by atoms with Gasteiger partial charge in [-0.3, -0.25) is 4.79 Å². The van der Waals surface area contributed by atoms with Gasteiger partial charge in [0.1, 0.15) is 6.10 Å². The van der Waals surface area contributed by atoms with Gasteiger partial charge in [-0.25, -0.2) is 13.1 Å². The number of rotatable bonds is 7. The van der Waals surface area contributed by atoms with E-state index in [1.807, 2.05) is 30.0 Å². The Kier molecular flexibility index (Phi) is 7.67. The highest BCUT2D eigenvalue weighted by atomic mass is 32.2. The molecule has 0 radical (unpaired) electrons. The minimum absolute atomic E-state index is 0.0160. The first-order valence-electron chi connectivity index (χ1n) is 11.5. The molecule has 2 aliphatic rings. The number of aliphatic hydroxyl groups is 1. The van der Waals surface area contributed by atoms with E-state index in [0.29, 0.717) is 13.1 Å². The van der Waals surface area contributed by atoms with Gasteiger partial charge in [-0.05, 0) is 31.2 Å². The third-order valence-electron chi connectivity index (χ3n) is 6.22. The van der Waals surface area contributed by atoms with Crippen molar-refractivity contribution in [2.24, 2.45) is 0 Å². The topological polar surface area (TPSA) is 99.2 Å². The number of nitrogens with zero attached hydrogens (tertiary/aromatic N) is 2. The van der Waals surface area contributed by atoms with Gasteiger partial charge in [0, 0.05) is 31.9 Å². The number of aliphatic hydroxyl groups excluding tert-OH is 1. The molecule has 0 aliphatic carbocycles. The van der Waals surface area contributed by atoms with Crippen LogP contribution in [0.15, 0.2) is 71.6 Å². The van der Waals surface area contributed by atoms with Crippen LogP contribution in [0.1, 0.15) is 12.0 Å². The van der Waals surface area contributed by atoms with E-state index in [2.05, 4.69) is 21.8 Å². The summed E-state index contributed by atoms with van der Waals surface area (Å²) >= 11 is 0. The van der Waals surface area contributed by atoms with Gasteiger partial charge in [0.15, 0.2) is 0 Å². The highest BCUT2D eigenvalue weighted by Crippen LogP contribution is 2.21. The molecule has 3 atom stereocenters. The highest BCUT2D eigenvalue weighted by Gasteiger charge is 2.32. The molecule has 1 saturated heterocycles. The second-order valence-corrected chi connectivity index (χ2v) is 10.4. The molecule has 2 aliphatic heterocycles. The first-order chi connectivity index (χ1) is 16.4. The molecule has 0 aromatic heterocycles. The average molecular weight is 486 g/mol. The zero-order valence-electron chi connectivity index (χ0n) is 19.2. The maximum atomic E-state index is 12.8. The van der Waals surface area contributed by atoms with Crippen LogP contribution in [0.25, 0.3) is 0 Å². The van der Waals surface area contributed by atoms with E-state index in [9.17, 15) is 18.3 Å². The zero-order chi connectivity index (χ0) is 24.1. The summed E-state index contributed by atoms with van der Waals surface area (Å²) in [5.74, 6) is -0.0160. The predicted molar refractivity (Wildman–Crippen MR) is 130 cm³/mol. The quantitative estimate of drug-likeness (QED) is 0.579. The minimum atomic E-state index is -3.78. The zero-order valence-corrected chi connectivity index (χ0v) is 20.0. The summed E-state index contributed by atoms with van der Waals surface area (Å²) in [6, 6.07) is 15.9. The summed E-state index contributed by atoms with van der Waals surface area (Å²) in [7, 11) is -3.78. The SMILES string of the molecule is Cc1ccc(S(=O)(=O)N[C@H]2C=C[C@@H](CC(=O)N3CCN(c4ccccc4)CC3)O[C@@H]2CO)cc1. The number of piperazine rings is 1. The van der Waals surface area contributed by atoms with Crippen molar-refractivity contribution >= 4 is 21.6 Å². The smallest absolute Gasteiger partial charge is 0.241 e. The van der Waals surface area contributed by atoms with Crippen LogP contribution in [0.3, 0.4) is 0 Å². The van der Waals surface area contributed by atoms with Crippen LogP contribution in [0, 0.1) is 6.92 Å². The Hall–Kier alpha value is -2.72. The third kappa shape index (κ3) is 5.85. The highest BCUT2D eigenvalue weighted by molar-refractivity contribution is 7.89. The summed E-state index contributed by atoms with van der Waals surface area (Å²) < 4.78 is 33.9. The van der Waals surface area contributed by atoms with Crippen LogP contribution in [-0.2, 0) is 19.6 Å². The summed E-state index contributed by atoms with van der Waals surface area (Å²) in [6.07, 6.45) is 2.22. The number of aryl methyl sites for hydroxylation is 1. The lowest BCUT2D eigenvalue weighted by Gasteiger charge is -2.37. The Morgan fingerprint density at radius 1 is 1.03 bits per heavy atom. The molecule has 34 heavy (non-hydrogen) atoms. The number of ether oxygens (including phenoxy) is 1. The number of amides is 1. The molecule has 2 N–H and O–H groups in total. The number of para-hydroxylation sites is 1. The second-order valence-electron chi connectivity index (χ2n) is 8.65. The largest absolute Gasteiger partial charge is 0.394 e. The fraction of sp³-hybridized carbons (Fsp3) is 0.400. The van der Waals surface area contributed by atoms with Crippen LogP contribution in [0.4, 0.5) is 5.69 Å². The Bertz CT molecular complexity index is 1100. The van der Waals surface area contributed by atoms with Crippen LogP contribution in [-0.4, -0.2) is 75.4 Å². The number of carbonyl (C=O) groups is 1. The van der Waals surface area contributed by atoms with E-state index in [1.54, 1.807) is 24.3 Å². The van der Waals surface area contributed by atoms with Crippen LogP contribution in [0.2, 0.25) is 0 Å². The molecule has 8 nitrogen and oxygen atoms in total. The molecule has 2 aromatic carbocycles. The molecule has 0 saturated carbocycles. The van der Waals surface area contributed by atoms with Gasteiger partial charge in [-0.15, -0.1) is 0 Å². The minimum Gasteiger partial charge on any atom is -0.394 e. The number of sulfonamides is 1. The molecular weight excluding hydrogens is 454 g/mol. The van der Waals surface area contributed by atoms with Gasteiger partial charge in [-0.2, -0.15) is 0 Å². The van der Waals surface area contributed by atoms with E-state index < -0.39 is 28.3 Å². The number of carbonyl (C=O) groups excluding carboxylic acids is 1. The molecular formula is C25H31N3O5S. The van der Waals surface area contributed by atoms with Gasteiger partial charge in [0.2, 0.25) is 15.9 Å². The van der Waals surface area contributed by atoms with E-state index in [4.69, 9.17) is 4.74 Å². The Morgan fingerprint density at radius 3 is 2.35 bits per heavy atom. The van der Waals surface area contributed by atoms with E-state index in [0.717, 1.165) is 24.3 Å². The normalized spacial score (nSPS) is 23.2. The van der Waals surface area contributed by atoms with E-state index in [-0.39, 0.29) is 23.8 Å². The van der Waals surface area contributed by atoms with Crippen molar-refractivity contribution in [3.05, 3.63) is 72.3 Å². The Balaban J connectivity index is 1.32. The maximum absolute atomic E-state index is 12.8.